The molecule has 0 saturated carbocycles. The lowest BCUT2D eigenvalue weighted by Gasteiger charge is -2.33. The van der Waals surface area contributed by atoms with Gasteiger partial charge in [-0.05, 0) is 36.6 Å². The summed E-state index contributed by atoms with van der Waals surface area (Å²) in [4.78, 5) is 13.9. The van der Waals surface area contributed by atoms with Crippen LogP contribution in [0.3, 0.4) is 0 Å². The summed E-state index contributed by atoms with van der Waals surface area (Å²) >= 11 is 0. The van der Waals surface area contributed by atoms with Crippen LogP contribution in [0.15, 0.2) is 48.5 Å². The van der Waals surface area contributed by atoms with E-state index in [1.54, 1.807) is 12.1 Å². The van der Waals surface area contributed by atoms with Gasteiger partial charge in [0.1, 0.15) is 5.75 Å². The van der Waals surface area contributed by atoms with Gasteiger partial charge in [0.2, 0.25) is 0 Å². The Morgan fingerprint density at radius 3 is 2.56 bits per heavy atom. The van der Waals surface area contributed by atoms with Gasteiger partial charge in [0.15, 0.2) is 0 Å². The highest BCUT2D eigenvalue weighted by atomic mass is 16.5. The van der Waals surface area contributed by atoms with Gasteiger partial charge >= 0.3 is 5.97 Å². The first-order chi connectivity index (χ1) is 12.2. The van der Waals surface area contributed by atoms with Gasteiger partial charge in [-0.15, -0.1) is 0 Å². The molecule has 1 aliphatic heterocycles. The van der Waals surface area contributed by atoms with Gasteiger partial charge in [0.25, 0.3) is 0 Å². The number of likely N-dealkylation sites (tertiary alicyclic amines) is 1. The lowest BCUT2D eigenvalue weighted by molar-refractivity contribution is 0.0600. The number of methoxy groups -OCH3 is 1. The van der Waals surface area contributed by atoms with Gasteiger partial charge in [-0.2, -0.15) is 0 Å². The molecule has 25 heavy (non-hydrogen) atoms. The molecule has 0 bridgehead atoms. The predicted molar refractivity (Wildman–Crippen MR) is 97.8 cm³/mol. The number of aromatic hydroxyl groups is 1. The monoisotopic (exact) mass is 340 g/mol. The molecule has 132 valence electrons. The SMILES string of the molecule is COC(=O)c1ccc(NC2CCN(Cc3ccccc3)CC2)c(O)c1. The van der Waals surface area contributed by atoms with Crippen molar-refractivity contribution in [3.8, 4) is 5.75 Å². The van der Waals surface area contributed by atoms with Crippen LogP contribution in [0.1, 0.15) is 28.8 Å². The van der Waals surface area contributed by atoms with Crippen molar-refractivity contribution < 1.29 is 14.6 Å². The highest BCUT2D eigenvalue weighted by molar-refractivity contribution is 5.90. The van der Waals surface area contributed by atoms with Gasteiger partial charge in [-0.3, -0.25) is 4.90 Å². The third kappa shape index (κ3) is 4.51. The number of carbonyl (C=O) groups excluding carboxylic acids is 1. The average molecular weight is 340 g/mol. The minimum atomic E-state index is -0.448. The lowest BCUT2D eigenvalue weighted by Crippen LogP contribution is -2.38. The topological polar surface area (TPSA) is 61.8 Å². The third-order valence-electron chi connectivity index (χ3n) is 4.62. The van der Waals surface area contributed by atoms with Crippen LogP contribution in [0.5, 0.6) is 5.75 Å². The molecule has 5 nitrogen and oxygen atoms in total. The normalized spacial score (nSPS) is 15.7. The second kappa shape index (κ2) is 8.03. The van der Waals surface area contributed by atoms with Crippen LogP contribution in [0.25, 0.3) is 0 Å². The van der Waals surface area contributed by atoms with Gasteiger partial charge in [-0.1, -0.05) is 30.3 Å². The smallest absolute Gasteiger partial charge is 0.337 e. The van der Waals surface area contributed by atoms with E-state index in [4.69, 9.17) is 0 Å². The Bertz CT molecular complexity index is 710. The van der Waals surface area contributed by atoms with Crippen molar-refractivity contribution in [1.82, 2.24) is 4.90 Å². The fourth-order valence-electron chi connectivity index (χ4n) is 3.20. The molecule has 0 spiro atoms. The summed E-state index contributed by atoms with van der Waals surface area (Å²) in [6, 6.07) is 15.7. The van der Waals surface area contributed by atoms with E-state index in [0.29, 0.717) is 17.3 Å². The molecule has 1 aliphatic rings. The number of hydrogen-bond donors (Lipinski definition) is 2. The second-order valence-electron chi connectivity index (χ2n) is 6.40. The number of benzene rings is 2. The minimum absolute atomic E-state index is 0.0783. The Kier molecular flexibility index (Phi) is 5.56. The summed E-state index contributed by atoms with van der Waals surface area (Å²) in [6.45, 7) is 3.02. The minimum Gasteiger partial charge on any atom is -0.506 e. The molecule has 0 atom stereocenters. The molecule has 2 aromatic rings. The van der Waals surface area contributed by atoms with Crippen molar-refractivity contribution in [2.45, 2.75) is 25.4 Å². The quantitative estimate of drug-likeness (QED) is 0.646. The number of anilines is 1. The Labute approximate surface area is 148 Å². The predicted octanol–water partition coefficient (Wildman–Crippen LogP) is 3.26. The molecule has 1 saturated heterocycles. The molecule has 2 aromatic carbocycles. The zero-order chi connectivity index (χ0) is 17.6. The summed E-state index contributed by atoms with van der Waals surface area (Å²) in [5.74, 6) is -0.370. The molecule has 3 rings (SSSR count). The summed E-state index contributed by atoms with van der Waals surface area (Å²) in [5.41, 5.74) is 2.35. The number of carbonyl (C=O) groups is 1. The maximum Gasteiger partial charge on any atom is 0.337 e. The van der Waals surface area contributed by atoms with E-state index in [0.717, 1.165) is 32.5 Å². The standard InChI is InChI=1S/C20H24N2O3/c1-25-20(24)16-7-8-18(19(23)13-16)21-17-9-11-22(12-10-17)14-15-5-3-2-4-6-15/h2-8,13,17,21,23H,9-12,14H2,1H3. The van der Waals surface area contributed by atoms with E-state index in [2.05, 4.69) is 39.2 Å². The van der Waals surface area contributed by atoms with Crippen molar-refractivity contribution in [1.29, 1.82) is 0 Å². The molecular formula is C20H24N2O3. The van der Waals surface area contributed by atoms with Gasteiger partial charge in [0, 0.05) is 25.7 Å². The average Bonchev–Trinajstić information content (AvgIpc) is 2.65. The summed E-state index contributed by atoms with van der Waals surface area (Å²) in [7, 11) is 1.33. The first-order valence-electron chi connectivity index (χ1n) is 8.60. The third-order valence-corrected chi connectivity index (χ3v) is 4.62. The number of nitrogens with one attached hydrogen (secondary N) is 1. The van der Waals surface area contributed by atoms with Crippen molar-refractivity contribution in [3.05, 3.63) is 59.7 Å². The zero-order valence-electron chi connectivity index (χ0n) is 14.4. The van der Waals surface area contributed by atoms with E-state index < -0.39 is 5.97 Å². The van der Waals surface area contributed by atoms with Crippen molar-refractivity contribution >= 4 is 11.7 Å². The van der Waals surface area contributed by atoms with Gasteiger partial charge in [-0.25, -0.2) is 4.79 Å². The largest absolute Gasteiger partial charge is 0.506 e. The molecule has 1 fully saturated rings. The van der Waals surface area contributed by atoms with Crippen molar-refractivity contribution in [2.75, 3.05) is 25.5 Å². The van der Waals surface area contributed by atoms with Crippen LogP contribution in [-0.4, -0.2) is 42.2 Å². The van der Waals surface area contributed by atoms with Crippen LogP contribution < -0.4 is 5.32 Å². The Morgan fingerprint density at radius 1 is 1.20 bits per heavy atom. The number of hydrogen-bond acceptors (Lipinski definition) is 5. The highest BCUT2D eigenvalue weighted by Gasteiger charge is 2.20. The van der Waals surface area contributed by atoms with Crippen LogP contribution in [0.2, 0.25) is 0 Å². The first-order valence-corrected chi connectivity index (χ1v) is 8.60. The molecule has 5 heteroatoms. The van der Waals surface area contributed by atoms with Crippen LogP contribution in [-0.2, 0) is 11.3 Å². The van der Waals surface area contributed by atoms with Crippen molar-refractivity contribution in [3.63, 3.8) is 0 Å². The summed E-state index contributed by atoms with van der Waals surface area (Å²) < 4.78 is 4.67. The Hall–Kier alpha value is -2.53. The van der Waals surface area contributed by atoms with E-state index in [1.807, 2.05) is 6.07 Å². The van der Waals surface area contributed by atoms with Crippen LogP contribution >= 0.6 is 0 Å². The van der Waals surface area contributed by atoms with Crippen LogP contribution in [0, 0.1) is 0 Å². The maximum atomic E-state index is 11.5. The fourth-order valence-corrected chi connectivity index (χ4v) is 3.20. The molecule has 0 amide bonds. The number of phenolic OH excluding ortho intramolecular Hbond substituents is 1. The molecule has 0 aliphatic carbocycles. The maximum absolute atomic E-state index is 11.5. The number of nitrogens with zero attached hydrogens (tertiary/aromatic N) is 1. The molecule has 0 radical (unpaired) electrons. The first kappa shape index (κ1) is 17.3. The van der Waals surface area contributed by atoms with E-state index in [1.165, 1.54) is 18.7 Å². The van der Waals surface area contributed by atoms with E-state index in [-0.39, 0.29) is 5.75 Å². The molecule has 1 heterocycles. The van der Waals surface area contributed by atoms with E-state index >= 15 is 0 Å². The van der Waals surface area contributed by atoms with Crippen LogP contribution in [0.4, 0.5) is 5.69 Å². The molecule has 2 N–H and O–H groups in total. The summed E-state index contributed by atoms with van der Waals surface area (Å²) in [5, 5.41) is 13.5. The van der Waals surface area contributed by atoms with E-state index in [9.17, 15) is 9.90 Å². The van der Waals surface area contributed by atoms with Gasteiger partial charge < -0.3 is 15.2 Å². The fraction of sp³-hybridized carbons (Fsp3) is 0.350. The number of phenols is 1. The highest BCUT2D eigenvalue weighted by Crippen LogP contribution is 2.27. The second-order valence-corrected chi connectivity index (χ2v) is 6.40. The summed E-state index contributed by atoms with van der Waals surface area (Å²) in [6.07, 6.45) is 2.04. The van der Waals surface area contributed by atoms with Gasteiger partial charge in [0.05, 0.1) is 18.4 Å². The Morgan fingerprint density at radius 2 is 1.92 bits per heavy atom. The molecule has 0 aromatic heterocycles. The molecule has 0 unspecified atom stereocenters. The number of piperidine rings is 1. The number of rotatable bonds is 5. The Balaban J connectivity index is 1.53. The number of esters is 1. The lowest BCUT2D eigenvalue weighted by atomic mass is 10.0. The van der Waals surface area contributed by atoms with Crippen molar-refractivity contribution in [2.24, 2.45) is 0 Å². The number of ether oxygens (including phenoxy) is 1. The zero-order valence-corrected chi connectivity index (χ0v) is 14.4. The molecular weight excluding hydrogens is 316 g/mol.